The Morgan fingerprint density at radius 2 is 1.94 bits per heavy atom. The molecular formula is C14H27OP. The van der Waals surface area contributed by atoms with E-state index in [9.17, 15) is 5.11 Å². The van der Waals surface area contributed by atoms with Gasteiger partial charge < -0.3 is 5.11 Å². The molecule has 2 saturated carbocycles. The Morgan fingerprint density at radius 3 is 2.38 bits per heavy atom. The summed E-state index contributed by atoms with van der Waals surface area (Å²) in [5, 5.41) is 11.0. The fraction of sp³-hybridized carbons (Fsp3) is 1.00. The van der Waals surface area contributed by atoms with E-state index in [4.69, 9.17) is 0 Å². The van der Waals surface area contributed by atoms with E-state index in [1.165, 1.54) is 31.8 Å². The Morgan fingerprint density at radius 1 is 1.25 bits per heavy atom. The van der Waals surface area contributed by atoms with E-state index in [0.29, 0.717) is 5.41 Å². The summed E-state index contributed by atoms with van der Waals surface area (Å²) in [6.45, 7) is 7.08. The Kier molecular flexibility index (Phi) is 3.17. The van der Waals surface area contributed by atoms with Gasteiger partial charge in [-0.25, -0.2) is 0 Å². The van der Waals surface area contributed by atoms with Gasteiger partial charge in [0.05, 0.1) is 5.60 Å². The second-order valence-corrected chi connectivity index (χ2v) is 7.35. The first kappa shape index (κ1) is 12.8. The smallest absolute Gasteiger partial charge is 0.0709 e. The molecule has 2 bridgehead atoms. The fourth-order valence-corrected chi connectivity index (χ4v) is 4.65. The molecule has 2 aliphatic rings. The number of hydrogen-bond donors (Lipinski definition) is 1. The largest absolute Gasteiger partial charge is 0.389 e. The summed E-state index contributed by atoms with van der Waals surface area (Å²) in [6.07, 6.45) is 8.19. The molecule has 4 atom stereocenters. The van der Waals surface area contributed by atoms with Gasteiger partial charge in [0.25, 0.3) is 0 Å². The minimum Gasteiger partial charge on any atom is -0.389 e. The van der Waals surface area contributed by atoms with Gasteiger partial charge in [0, 0.05) is 5.41 Å². The molecule has 2 aliphatic carbocycles. The highest BCUT2D eigenvalue weighted by atomic mass is 31.0. The third-order valence-corrected chi connectivity index (χ3v) is 6.50. The third-order valence-electron chi connectivity index (χ3n) is 6.09. The average Bonchev–Trinajstić information content (AvgIpc) is 2.50. The molecule has 0 spiro atoms. The van der Waals surface area contributed by atoms with Crippen LogP contribution >= 0.6 is 9.24 Å². The highest BCUT2D eigenvalue weighted by molar-refractivity contribution is 7.16. The molecule has 0 radical (unpaired) electrons. The topological polar surface area (TPSA) is 20.2 Å². The summed E-state index contributed by atoms with van der Waals surface area (Å²) >= 11 is 0. The zero-order valence-corrected chi connectivity index (χ0v) is 12.2. The molecule has 0 saturated heterocycles. The summed E-state index contributed by atoms with van der Waals surface area (Å²) in [5.41, 5.74) is 0.119. The molecule has 0 aliphatic heterocycles. The molecule has 4 unspecified atom stereocenters. The molecule has 0 aromatic rings. The van der Waals surface area contributed by atoms with Crippen LogP contribution in [0.15, 0.2) is 0 Å². The van der Waals surface area contributed by atoms with Crippen molar-refractivity contribution in [3.63, 3.8) is 0 Å². The van der Waals surface area contributed by atoms with E-state index in [-0.39, 0.29) is 11.0 Å². The zero-order chi connectivity index (χ0) is 12.0. The molecule has 0 aromatic heterocycles. The quantitative estimate of drug-likeness (QED) is 0.590. The maximum Gasteiger partial charge on any atom is 0.0709 e. The summed E-state index contributed by atoms with van der Waals surface area (Å²) in [6, 6.07) is 0. The number of fused-ring (bicyclic) bond motifs is 2. The van der Waals surface area contributed by atoms with Gasteiger partial charge >= 0.3 is 0 Å². The van der Waals surface area contributed by atoms with Gasteiger partial charge in [-0.3, -0.25) is 0 Å². The first-order valence-corrected chi connectivity index (χ1v) is 7.61. The van der Waals surface area contributed by atoms with Gasteiger partial charge in [-0.05, 0) is 49.6 Å². The van der Waals surface area contributed by atoms with Crippen molar-refractivity contribution in [1.82, 2.24) is 0 Å². The van der Waals surface area contributed by atoms with Crippen molar-refractivity contribution in [1.29, 1.82) is 0 Å². The third kappa shape index (κ3) is 1.51. The lowest BCUT2D eigenvalue weighted by Gasteiger charge is -2.45. The maximum atomic E-state index is 11.0. The van der Waals surface area contributed by atoms with Crippen molar-refractivity contribution in [2.45, 2.75) is 64.9 Å². The highest BCUT2D eigenvalue weighted by Crippen LogP contribution is 2.70. The van der Waals surface area contributed by atoms with Gasteiger partial charge in [-0.2, -0.15) is 0 Å². The number of hydrogen-bond acceptors (Lipinski definition) is 1. The van der Waals surface area contributed by atoms with E-state index < -0.39 is 0 Å². The fourth-order valence-electron chi connectivity index (χ4n) is 4.36. The first-order chi connectivity index (χ1) is 7.37. The minimum absolute atomic E-state index is 0.158. The molecule has 0 aromatic carbocycles. The lowest BCUT2D eigenvalue weighted by atomic mass is 9.63. The van der Waals surface area contributed by atoms with Crippen LogP contribution in [0, 0.1) is 16.7 Å². The van der Waals surface area contributed by atoms with Gasteiger partial charge in [0.2, 0.25) is 0 Å². The van der Waals surface area contributed by atoms with Crippen LogP contribution in [0.4, 0.5) is 0 Å². The van der Waals surface area contributed by atoms with Crippen molar-refractivity contribution >= 4 is 9.24 Å². The predicted octanol–water partition coefficient (Wildman–Crippen LogP) is 3.61. The molecule has 0 heterocycles. The van der Waals surface area contributed by atoms with Crippen molar-refractivity contribution in [2.24, 2.45) is 16.7 Å². The summed E-state index contributed by atoms with van der Waals surface area (Å²) in [4.78, 5) is 0. The van der Waals surface area contributed by atoms with Gasteiger partial charge in [0.1, 0.15) is 0 Å². The Bertz CT molecular complexity index is 276. The van der Waals surface area contributed by atoms with E-state index in [1.54, 1.807) is 0 Å². The molecule has 1 N–H and O–H groups in total. The second kappa shape index (κ2) is 3.95. The van der Waals surface area contributed by atoms with Crippen LogP contribution in [0.5, 0.6) is 0 Å². The Balaban J connectivity index is 2.13. The monoisotopic (exact) mass is 242 g/mol. The van der Waals surface area contributed by atoms with E-state index >= 15 is 0 Å². The summed E-state index contributed by atoms with van der Waals surface area (Å²) in [7, 11) is 2.78. The molecule has 2 heteroatoms. The lowest BCUT2D eigenvalue weighted by Crippen LogP contribution is -2.47. The van der Waals surface area contributed by atoms with Crippen LogP contribution in [0.25, 0.3) is 0 Å². The normalized spacial score (nSPS) is 45.2. The number of rotatable bonds is 4. The molecular weight excluding hydrogens is 215 g/mol. The standard InChI is InChI=1S/C14H27OP/c1-12(2)11-6-8-13(12,3)14(15,10-11)7-4-5-9-16/h11,15H,4-10,16H2,1-3H3. The van der Waals surface area contributed by atoms with Crippen molar-refractivity contribution in [3.05, 3.63) is 0 Å². The molecule has 0 amide bonds. The Labute approximate surface area is 103 Å². The molecule has 16 heavy (non-hydrogen) atoms. The number of aliphatic hydroxyl groups is 1. The Hall–Kier alpha value is 0.390. The summed E-state index contributed by atoms with van der Waals surface area (Å²) < 4.78 is 0. The molecule has 2 fully saturated rings. The summed E-state index contributed by atoms with van der Waals surface area (Å²) in [5.74, 6) is 0.749. The second-order valence-electron chi connectivity index (χ2n) is 6.77. The first-order valence-electron chi connectivity index (χ1n) is 6.80. The molecule has 2 rings (SSSR count). The SMILES string of the molecule is CC1(C)C2CCC1(C)C(O)(CCCCP)C2. The minimum atomic E-state index is -0.376. The van der Waals surface area contributed by atoms with Crippen LogP contribution in [0.1, 0.15) is 59.3 Å². The van der Waals surface area contributed by atoms with Crippen molar-refractivity contribution in [2.75, 3.05) is 6.16 Å². The van der Waals surface area contributed by atoms with Crippen LogP contribution in [-0.4, -0.2) is 16.9 Å². The van der Waals surface area contributed by atoms with Crippen LogP contribution in [0.3, 0.4) is 0 Å². The van der Waals surface area contributed by atoms with Crippen LogP contribution in [-0.2, 0) is 0 Å². The predicted molar refractivity (Wildman–Crippen MR) is 72.6 cm³/mol. The van der Waals surface area contributed by atoms with Crippen molar-refractivity contribution in [3.8, 4) is 0 Å². The van der Waals surface area contributed by atoms with E-state index in [0.717, 1.165) is 18.8 Å². The molecule has 1 nitrogen and oxygen atoms in total. The van der Waals surface area contributed by atoms with E-state index in [1.807, 2.05) is 0 Å². The lowest BCUT2D eigenvalue weighted by molar-refractivity contribution is -0.0957. The van der Waals surface area contributed by atoms with Gasteiger partial charge in [-0.1, -0.05) is 27.2 Å². The van der Waals surface area contributed by atoms with E-state index in [2.05, 4.69) is 30.0 Å². The van der Waals surface area contributed by atoms with Gasteiger partial charge in [0.15, 0.2) is 0 Å². The van der Waals surface area contributed by atoms with Gasteiger partial charge in [-0.15, -0.1) is 9.24 Å². The maximum absolute atomic E-state index is 11.0. The highest BCUT2D eigenvalue weighted by Gasteiger charge is 2.67. The number of unbranched alkanes of at least 4 members (excludes halogenated alkanes) is 1. The zero-order valence-electron chi connectivity index (χ0n) is 11.1. The average molecular weight is 242 g/mol. The van der Waals surface area contributed by atoms with Crippen LogP contribution < -0.4 is 0 Å². The molecule has 94 valence electrons. The van der Waals surface area contributed by atoms with Crippen LogP contribution in [0.2, 0.25) is 0 Å². The van der Waals surface area contributed by atoms with Crippen molar-refractivity contribution < 1.29 is 5.11 Å².